The Balaban J connectivity index is 1.45. The number of carbonyl (C=O) groups excluding carboxylic acids is 1. The van der Waals surface area contributed by atoms with Crippen LogP contribution in [0.15, 0.2) is 96.4 Å². The molecule has 0 atom stereocenters. The van der Waals surface area contributed by atoms with Crippen LogP contribution in [0.25, 0.3) is 5.69 Å². The zero-order chi connectivity index (χ0) is 23.4. The van der Waals surface area contributed by atoms with Crippen molar-refractivity contribution in [2.24, 2.45) is 0 Å². The number of sulfonamides is 1. The number of imidazole rings is 1. The summed E-state index contributed by atoms with van der Waals surface area (Å²) in [5.74, 6) is -0.244. The lowest BCUT2D eigenvalue weighted by Crippen LogP contribution is -2.27. The second-order valence-electron chi connectivity index (χ2n) is 7.61. The molecule has 1 heterocycles. The van der Waals surface area contributed by atoms with Gasteiger partial charge < -0.3 is 9.88 Å². The molecule has 1 N–H and O–H groups in total. The van der Waals surface area contributed by atoms with Gasteiger partial charge in [0.2, 0.25) is 0 Å². The molecule has 0 spiro atoms. The van der Waals surface area contributed by atoms with Crippen LogP contribution in [0.2, 0.25) is 0 Å². The van der Waals surface area contributed by atoms with Crippen LogP contribution in [0.4, 0.5) is 5.69 Å². The molecule has 0 aliphatic carbocycles. The van der Waals surface area contributed by atoms with Crippen molar-refractivity contribution >= 4 is 21.6 Å². The molecule has 0 unspecified atom stereocenters. The van der Waals surface area contributed by atoms with Crippen LogP contribution in [0, 0.1) is 6.92 Å². The topological polar surface area (TPSA) is 84.3 Å². The number of hydrogen-bond donors (Lipinski definition) is 1. The van der Waals surface area contributed by atoms with E-state index in [0.717, 1.165) is 16.8 Å². The van der Waals surface area contributed by atoms with Crippen molar-refractivity contribution in [3.8, 4) is 5.69 Å². The van der Waals surface area contributed by atoms with Gasteiger partial charge in [-0.25, -0.2) is 13.4 Å². The Morgan fingerprint density at radius 3 is 2.36 bits per heavy atom. The maximum absolute atomic E-state index is 12.9. The van der Waals surface area contributed by atoms with Crippen LogP contribution in [-0.4, -0.2) is 30.9 Å². The van der Waals surface area contributed by atoms with Crippen molar-refractivity contribution in [2.45, 2.75) is 18.4 Å². The van der Waals surface area contributed by atoms with Crippen molar-refractivity contribution in [1.29, 1.82) is 0 Å². The Morgan fingerprint density at radius 1 is 1.00 bits per heavy atom. The molecular weight excluding hydrogens is 436 g/mol. The molecule has 8 heteroatoms. The van der Waals surface area contributed by atoms with Crippen LogP contribution in [0.3, 0.4) is 0 Å². The van der Waals surface area contributed by atoms with E-state index in [2.05, 4.69) is 10.3 Å². The molecule has 1 amide bonds. The highest BCUT2D eigenvalue weighted by molar-refractivity contribution is 7.92. The summed E-state index contributed by atoms with van der Waals surface area (Å²) >= 11 is 0. The molecule has 7 nitrogen and oxygen atoms in total. The van der Waals surface area contributed by atoms with E-state index in [4.69, 9.17) is 0 Å². The predicted octanol–water partition coefficient (Wildman–Crippen LogP) is 3.94. The van der Waals surface area contributed by atoms with Gasteiger partial charge in [0.15, 0.2) is 0 Å². The van der Waals surface area contributed by atoms with Gasteiger partial charge in [0, 0.05) is 31.5 Å². The highest BCUT2D eigenvalue weighted by atomic mass is 32.2. The fraction of sp³-hybridized carbons (Fsp3) is 0.120. The summed E-state index contributed by atoms with van der Waals surface area (Å²) in [5, 5.41) is 2.92. The van der Waals surface area contributed by atoms with Crippen molar-refractivity contribution in [1.82, 2.24) is 14.9 Å². The lowest BCUT2D eigenvalue weighted by Gasteiger charge is -2.20. The third-order valence-corrected chi connectivity index (χ3v) is 7.19. The van der Waals surface area contributed by atoms with E-state index >= 15 is 0 Å². The molecule has 0 aliphatic heterocycles. The fourth-order valence-corrected chi connectivity index (χ4v) is 4.62. The first-order chi connectivity index (χ1) is 15.9. The van der Waals surface area contributed by atoms with E-state index < -0.39 is 10.0 Å². The SMILES string of the molecule is Cc1ccc(S(=O)(=O)N(C)c2ccc(C(=O)NCc3ccccc3-n3ccnc3)cc2)cc1. The van der Waals surface area contributed by atoms with Crippen molar-refractivity contribution < 1.29 is 13.2 Å². The molecule has 4 aromatic rings. The van der Waals surface area contributed by atoms with Crippen molar-refractivity contribution in [2.75, 3.05) is 11.4 Å². The van der Waals surface area contributed by atoms with Crippen LogP contribution < -0.4 is 9.62 Å². The number of aryl methyl sites for hydroxylation is 1. The minimum atomic E-state index is -3.69. The zero-order valence-electron chi connectivity index (χ0n) is 18.3. The molecule has 0 saturated heterocycles. The first kappa shape index (κ1) is 22.3. The summed E-state index contributed by atoms with van der Waals surface area (Å²) in [6.07, 6.45) is 5.26. The molecule has 168 valence electrons. The van der Waals surface area contributed by atoms with Gasteiger partial charge in [-0.3, -0.25) is 9.10 Å². The Labute approximate surface area is 193 Å². The summed E-state index contributed by atoms with van der Waals surface area (Å²) in [5.41, 5.74) is 3.79. The number of anilines is 1. The molecule has 0 radical (unpaired) electrons. The van der Waals surface area contributed by atoms with Gasteiger partial charge in [0.05, 0.1) is 22.6 Å². The molecule has 33 heavy (non-hydrogen) atoms. The van der Waals surface area contributed by atoms with E-state index in [9.17, 15) is 13.2 Å². The Morgan fingerprint density at radius 2 is 1.70 bits per heavy atom. The van der Waals surface area contributed by atoms with Crippen LogP contribution in [0.1, 0.15) is 21.5 Å². The third-order valence-electron chi connectivity index (χ3n) is 5.39. The summed E-state index contributed by atoms with van der Waals surface area (Å²) < 4.78 is 28.9. The van der Waals surface area contributed by atoms with Gasteiger partial charge in [0.1, 0.15) is 0 Å². The molecule has 0 aliphatic rings. The van der Waals surface area contributed by atoms with Gasteiger partial charge in [0.25, 0.3) is 15.9 Å². The molecule has 0 fully saturated rings. The maximum Gasteiger partial charge on any atom is 0.264 e. The Hall–Kier alpha value is -3.91. The van der Waals surface area contributed by atoms with Gasteiger partial charge in [-0.05, 0) is 55.0 Å². The molecule has 0 saturated carbocycles. The number of amides is 1. The van der Waals surface area contributed by atoms with Crippen LogP contribution in [0.5, 0.6) is 0 Å². The number of hydrogen-bond acceptors (Lipinski definition) is 4. The third kappa shape index (κ3) is 4.80. The summed E-state index contributed by atoms with van der Waals surface area (Å²) in [7, 11) is -2.19. The average Bonchev–Trinajstić information content (AvgIpc) is 3.37. The number of benzene rings is 3. The second kappa shape index (κ2) is 9.30. The largest absolute Gasteiger partial charge is 0.348 e. The highest BCUT2D eigenvalue weighted by Crippen LogP contribution is 2.23. The number of aromatic nitrogens is 2. The van der Waals surface area contributed by atoms with E-state index in [1.54, 1.807) is 61.1 Å². The van der Waals surface area contributed by atoms with Gasteiger partial charge >= 0.3 is 0 Å². The maximum atomic E-state index is 12.9. The predicted molar refractivity (Wildman–Crippen MR) is 128 cm³/mol. The number of para-hydroxylation sites is 1. The van der Waals surface area contributed by atoms with E-state index in [0.29, 0.717) is 17.8 Å². The minimum absolute atomic E-state index is 0.217. The average molecular weight is 461 g/mol. The summed E-state index contributed by atoms with van der Waals surface area (Å²) in [4.78, 5) is 17.0. The van der Waals surface area contributed by atoms with E-state index in [1.807, 2.05) is 42.0 Å². The molecule has 1 aromatic heterocycles. The van der Waals surface area contributed by atoms with Gasteiger partial charge in [-0.1, -0.05) is 35.9 Å². The minimum Gasteiger partial charge on any atom is -0.348 e. The first-order valence-electron chi connectivity index (χ1n) is 10.4. The van der Waals surface area contributed by atoms with Crippen LogP contribution >= 0.6 is 0 Å². The first-order valence-corrected chi connectivity index (χ1v) is 11.8. The molecule has 3 aromatic carbocycles. The van der Waals surface area contributed by atoms with Gasteiger partial charge in [-0.15, -0.1) is 0 Å². The normalized spacial score (nSPS) is 11.2. The zero-order valence-corrected chi connectivity index (χ0v) is 19.2. The lowest BCUT2D eigenvalue weighted by atomic mass is 10.1. The Bertz CT molecular complexity index is 1350. The summed E-state index contributed by atoms with van der Waals surface area (Å²) in [6, 6.07) is 20.9. The number of nitrogens with one attached hydrogen (secondary N) is 1. The second-order valence-corrected chi connectivity index (χ2v) is 9.58. The van der Waals surface area contributed by atoms with E-state index in [1.165, 1.54) is 11.4 Å². The standard InChI is InChI=1S/C25H24N4O3S/c1-19-7-13-23(14-8-19)33(31,32)28(2)22-11-9-20(10-12-22)25(30)27-17-21-5-3-4-6-24(21)29-16-15-26-18-29/h3-16,18H,17H2,1-2H3,(H,27,30). The van der Waals surface area contributed by atoms with Crippen molar-refractivity contribution in [3.05, 3.63) is 108 Å². The molecule has 0 bridgehead atoms. The lowest BCUT2D eigenvalue weighted by molar-refractivity contribution is 0.0951. The molecule has 4 rings (SSSR count). The smallest absolute Gasteiger partial charge is 0.264 e. The van der Waals surface area contributed by atoms with Gasteiger partial charge in [-0.2, -0.15) is 0 Å². The number of nitrogens with zero attached hydrogens (tertiary/aromatic N) is 3. The summed E-state index contributed by atoms with van der Waals surface area (Å²) in [6.45, 7) is 2.25. The molecular formula is C25H24N4O3S. The number of rotatable bonds is 7. The highest BCUT2D eigenvalue weighted by Gasteiger charge is 2.21. The van der Waals surface area contributed by atoms with Crippen LogP contribution in [-0.2, 0) is 16.6 Å². The Kier molecular flexibility index (Phi) is 6.28. The monoisotopic (exact) mass is 460 g/mol. The fourth-order valence-electron chi connectivity index (χ4n) is 3.42. The number of carbonyl (C=O) groups is 1. The van der Waals surface area contributed by atoms with Crippen molar-refractivity contribution in [3.63, 3.8) is 0 Å². The quantitative estimate of drug-likeness (QED) is 0.453. The van der Waals surface area contributed by atoms with E-state index in [-0.39, 0.29) is 10.8 Å².